The molecular weight excluding hydrogens is 990 g/mol. The number of aromatic nitrogens is 2. The summed E-state index contributed by atoms with van der Waals surface area (Å²) in [6.07, 6.45) is 3.02. The fraction of sp³-hybridized carbons (Fsp3) is 0.108. The summed E-state index contributed by atoms with van der Waals surface area (Å²) in [5, 5.41) is 7.33. The number of fused-ring (bicyclic) bond motifs is 13. The second kappa shape index (κ2) is 18.0. The van der Waals surface area contributed by atoms with Crippen molar-refractivity contribution in [2.45, 2.75) is 62.2 Å². The normalized spacial score (nSPS) is 13.1. The van der Waals surface area contributed by atoms with E-state index in [1.54, 1.807) is 0 Å². The zero-order chi connectivity index (χ0) is 53.4. The number of unbranched alkanes of at least 4 members (excludes halogenated alkanes) is 1. The number of furan rings is 1. The van der Waals surface area contributed by atoms with Crippen molar-refractivity contribution in [1.29, 1.82) is 0 Å². The molecule has 2 aliphatic heterocycles. The molecule has 382 valence electrons. The molecule has 0 amide bonds. The number of hydrogen-bond acceptors (Lipinski definition) is 3. The molecule has 0 atom stereocenters. The van der Waals surface area contributed by atoms with Crippen LogP contribution in [0.5, 0.6) is 0 Å². The Balaban J connectivity index is 0.948. The van der Waals surface area contributed by atoms with Gasteiger partial charge in [0.05, 0.1) is 27.8 Å². The lowest BCUT2D eigenvalue weighted by Crippen LogP contribution is -2.60. The summed E-state index contributed by atoms with van der Waals surface area (Å²) in [6.45, 7) is 9.37. The molecule has 5 heterocycles. The zero-order valence-corrected chi connectivity index (χ0v) is 46.1. The standard InChI is InChI=1S/C74H56BN3OS/c1-5-6-23-57-64(39-34-56-55-26-15-18-29-69(55)79-73(56)57)78-67-44-51(76-62-27-16-13-24-53(62)58-40-48(30-37-65(58)76)46-19-9-7-10-20-46)32-35-60(67)75-61-36-33-52(45-70(61)80-71-43-50(74(2,3)4)42-68(78)72(71)75)77-63-28-17-14-25-54(63)59-41-49(31-38-66(59)77)47-21-11-8-12-22-47/h7-22,24-45H,5-6,23H2,1-4H3. The van der Waals surface area contributed by atoms with Crippen LogP contribution in [0.2, 0.25) is 0 Å². The van der Waals surface area contributed by atoms with Crippen molar-refractivity contribution in [1.82, 2.24) is 9.13 Å². The average Bonchev–Trinajstić information content (AvgIpc) is 4.02. The molecule has 0 N–H and O–H groups in total. The highest BCUT2D eigenvalue weighted by molar-refractivity contribution is 8.00. The van der Waals surface area contributed by atoms with Gasteiger partial charge in [-0.1, -0.05) is 191 Å². The van der Waals surface area contributed by atoms with Gasteiger partial charge in [-0.15, -0.1) is 0 Å². The molecule has 16 rings (SSSR count). The Hall–Kier alpha value is -8.97. The molecule has 0 bridgehead atoms. The Morgan fingerprint density at radius 1 is 0.438 bits per heavy atom. The van der Waals surface area contributed by atoms with Crippen molar-refractivity contribution < 1.29 is 4.42 Å². The highest BCUT2D eigenvalue weighted by atomic mass is 32.2. The van der Waals surface area contributed by atoms with E-state index in [9.17, 15) is 0 Å². The molecule has 0 unspecified atom stereocenters. The van der Waals surface area contributed by atoms with Crippen LogP contribution in [0.3, 0.4) is 0 Å². The molecule has 2 aliphatic rings. The van der Waals surface area contributed by atoms with E-state index in [0.29, 0.717) is 0 Å². The van der Waals surface area contributed by atoms with Gasteiger partial charge in [-0.3, -0.25) is 0 Å². The third kappa shape index (κ3) is 7.18. The van der Waals surface area contributed by atoms with Gasteiger partial charge >= 0.3 is 0 Å². The van der Waals surface area contributed by atoms with Crippen molar-refractivity contribution >= 4 is 117 Å². The maximum atomic E-state index is 6.99. The Morgan fingerprint density at radius 2 is 1.01 bits per heavy atom. The molecule has 0 radical (unpaired) electrons. The van der Waals surface area contributed by atoms with Crippen molar-refractivity contribution in [3.8, 4) is 33.6 Å². The maximum absolute atomic E-state index is 6.99. The lowest BCUT2D eigenvalue weighted by Gasteiger charge is -2.42. The fourth-order valence-corrected chi connectivity index (χ4v) is 14.7. The largest absolute Gasteiger partial charge is 0.456 e. The summed E-state index contributed by atoms with van der Waals surface area (Å²) in [4.78, 5) is 5.24. The molecule has 0 saturated carbocycles. The number of nitrogens with zero attached hydrogens (tertiary/aromatic N) is 3. The Kier molecular flexibility index (Phi) is 10.6. The first-order valence-corrected chi connectivity index (χ1v) is 29.1. The van der Waals surface area contributed by atoms with Gasteiger partial charge in [0.2, 0.25) is 6.71 Å². The van der Waals surface area contributed by atoms with Crippen LogP contribution in [0.1, 0.15) is 51.7 Å². The van der Waals surface area contributed by atoms with Crippen molar-refractivity contribution in [3.63, 3.8) is 0 Å². The van der Waals surface area contributed by atoms with Gasteiger partial charge in [0.25, 0.3) is 0 Å². The first kappa shape index (κ1) is 47.1. The number of benzene rings is 11. The van der Waals surface area contributed by atoms with Crippen LogP contribution in [0.15, 0.2) is 245 Å². The molecule has 4 nitrogen and oxygen atoms in total. The molecule has 0 fully saturated rings. The topological polar surface area (TPSA) is 26.2 Å². The quantitative estimate of drug-likeness (QED) is 0.142. The molecule has 6 heteroatoms. The smallest absolute Gasteiger partial charge is 0.249 e. The van der Waals surface area contributed by atoms with E-state index in [0.717, 1.165) is 41.5 Å². The number of rotatable bonds is 8. The summed E-state index contributed by atoms with van der Waals surface area (Å²) in [6, 6.07) is 86.3. The second-order valence-corrected chi connectivity index (χ2v) is 24.1. The van der Waals surface area contributed by atoms with Crippen molar-refractivity contribution in [2.24, 2.45) is 0 Å². The molecular formula is C74H56BN3OS. The van der Waals surface area contributed by atoms with Crippen LogP contribution < -0.4 is 21.3 Å². The minimum Gasteiger partial charge on any atom is -0.456 e. The van der Waals surface area contributed by atoms with Gasteiger partial charge in [-0.2, -0.15) is 0 Å². The van der Waals surface area contributed by atoms with Gasteiger partial charge in [0.15, 0.2) is 0 Å². The number of hydrogen-bond donors (Lipinski definition) is 0. The molecule has 0 aliphatic carbocycles. The maximum Gasteiger partial charge on any atom is 0.249 e. The number of aryl methyl sites for hydroxylation is 1. The highest BCUT2D eigenvalue weighted by Crippen LogP contribution is 2.49. The van der Waals surface area contributed by atoms with E-state index in [4.69, 9.17) is 4.42 Å². The van der Waals surface area contributed by atoms with E-state index >= 15 is 0 Å². The second-order valence-electron chi connectivity index (χ2n) is 23.0. The van der Waals surface area contributed by atoms with Crippen molar-refractivity contribution in [3.05, 3.63) is 242 Å². The molecule has 0 saturated heterocycles. The zero-order valence-electron chi connectivity index (χ0n) is 45.3. The lowest BCUT2D eigenvalue weighted by atomic mass is 9.34. The van der Waals surface area contributed by atoms with Gasteiger partial charge in [-0.25, -0.2) is 0 Å². The molecule has 80 heavy (non-hydrogen) atoms. The SMILES string of the molecule is CCCCc1c(N2c3cc(-n4c5ccccc5c5cc(-c6ccccc6)ccc54)ccc3B3c4ccc(-n5c6ccccc6c6cc(-c7ccccc7)ccc65)cc4Sc4cc(C(C)(C)C)cc2c43)ccc2c1oc1ccccc12. The number of para-hydroxylation sites is 3. The van der Waals surface area contributed by atoms with Gasteiger partial charge in [0.1, 0.15) is 11.2 Å². The van der Waals surface area contributed by atoms with E-state index in [1.807, 2.05) is 11.8 Å². The highest BCUT2D eigenvalue weighted by Gasteiger charge is 2.43. The average molecular weight is 1050 g/mol. The first-order valence-electron chi connectivity index (χ1n) is 28.3. The molecule has 0 spiro atoms. The monoisotopic (exact) mass is 1050 g/mol. The third-order valence-corrected chi connectivity index (χ3v) is 18.5. The van der Waals surface area contributed by atoms with E-state index in [2.05, 4.69) is 272 Å². The Morgan fingerprint density at radius 3 is 1.65 bits per heavy atom. The van der Waals surface area contributed by atoms with E-state index in [1.165, 1.54) is 131 Å². The van der Waals surface area contributed by atoms with Crippen molar-refractivity contribution in [2.75, 3.05) is 4.90 Å². The summed E-state index contributed by atoms with van der Waals surface area (Å²) in [5.74, 6) is 0. The lowest BCUT2D eigenvalue weighted by molar-refractivity contribution is 0.589. The molecule has 11 aromatic carbocycles. The summed E-state index contributed by atoms with van der Waals surface area (Å²) >= 11 is 1.94. The molecule has 3 aromatic heterocycles. The van der Waals surface area contributed by atoms with E-state index < -0.39 is 0 Å². The van der Waals surface area contributed by atoms with Crippen LogP contribution in [0, 0.1) is 0 Å². The van der Waals surface area contributed by atoms with Crippen LogP contribution in [-0.4, -0.2) is 15.8 Å². The first-order chi connectivity index (χ1) is 39.3. The summed E-state index contributed by atoms with van der Waals surface area (Å²) in [5.41, 5.74) is 23.9. The van der Waals surface area contributed by atoms with Crippen LogP contribution in [0.4, 0.5) is 17.1 Å². The van der Waals surface area contributed by atoms with E-state index in [-0.39, 0.29) is 12.1 Å². The van der Waals surface area contributed by atoms with Crippen LogP contribution in [-0.2, 0) is 11.8 Å². The minimum atomic E-state index is -0.131. The van der Waals surface area contributed by atoms with Crippen LogP contribution in [0.25, 0.3) is 99.2 Å². The predicted molar refractivity (Wildman–Crippen MR) is 340 cm³/mol. The number of anilines is 3. The Labute approximate surface area is 470 Å². The summed E-state index contributed by atoms with van der Waals surface area (Å²) in [7, 11) is 0. The van der Waals surface area contributed by atoms with Gasteiger partial charge in [-0.05, 0) is 148 Å². The molecule has 14 aromatic rings. The minimum absolute atomic E-state index is 0.0215. The fourth-order valence-electron chi connectivity index (χ4n) is 13.5. The predicted octanol–water partition coefficient (Wildman–Crippen LogP) is 18.5. The van der Waals surface area contributed by atoms with Gasteiger partial charge < -0.3 is 18.5 Å². The Bertz CT molecular complexity index is 4850. The third-order valence-electron chi connectivity index (χ3n) is 17.3. The van der Waals surface area contributed by atoms with Crippen LogP contribution >= 0.6 is 11.8 Å². The van der Waals surface area contributed by atoms with Gasteiger partial charge in [0, 0.05) is 70.4 Å². The summed E-state index contributed by atoms with van der Waals surface area (Å²) < 4.78 is 12.0.